The molecular formula is C17H21NO5S. The molecule has 0 bridgehead atoms. The van der Waals surface area contributed by atoms with Gasteiger partial charge in [0.1, 0.15) is 12.6 Å². The van der Waals surface area contributed by atoms with Gasteiger partial charge < -0.3 is 10.5 Å². The molecule has 2 aromatic carbocycles. The quantitative estimate of drug-likeness (QED) is 0.647. The molecule has 24 heavy (non-hydrogen) atoms. The summed E-state index contributed by atoms with van der Waals surface area (Å²) in [6.45, 7) is 3.74. The minimum atomic E-state index is -4.02. The van der Waals surface area contributed by atoms with E-state index in [0.717, 1.165) is 11.1 Å². The maximum Gasteiger partial charge on any atom is 0.322 e. The van der Waals surface area contributed by atoms with Gasteiger partial charge in [-0.15, -0.1) is 0 Å². The Morgan fingerprint density at radius 3 is 2.12 bits per heavy atom. The Morgan fingerprint density at radius 1 is 1.12 bits per heavy atom. The highest BCUT2D eigenvalue weighted by atomic mass is 32.2. The number of carbonyl (C=O) groups excluding carboxylic acids is 1. The van der Waals surface area contributed by atoms with Gasteiger partial charge in [0.05, 0.1) is 4.90 Å². The predicted octanol–water partition coefficient (Wildman–Crippen LogP) is 2.32. The van der Waals surface area contributed by atoms with E-state index >= 15 is 0 Å². The molecular weight excluding hydrogens is 330 g/mol. The second kappa shape index (κ2) is 9.17. The zero-order valence-corrected chi connectivity index (χ0v) is 14.4. The molecule has 0 aliphatic heterocycles. The molecule has 6 nitrogen and oxygen atoms in total. The summed E-state index contributed by atoms with van der Waals surface area (Å²) in [5, 5.41) is 0. The molecule has 130 valence electrons. The molecule has 0 saturated heterocycles. The number of aryl methyl sites for hydroxylation is 1. The van der Waals surface area contributed by atoms with Crippen LogP contribution in [0.5, 0.6) is 0 Å². The lowest BCUT2D eigenvalue weighted by atomic mass is 10.2. The van der Waals surface area contributed by atoms with Gasteiger partial charge in [-0.1, -0.05) is 48.0 Å². The zero-order chi connectivity index (χ0) is 18.2. The highest BCUT2D eigenvalue weighted by molar-refractivity contribution is 7.85. The Kier molecular flexibility index (Phi) is 7.57. The molecule has 0 saturated carbocycles. The Hall–Kier alpha value is -2.22. The maximum atomic E-state index is 11.0. The molecule has 0 fully saturated rings. The van der Waals surface area contributed by atoms with Crippen molar-refractivity contribution >= 4 is 16.1 Å². The van der Waals surface area contributed by atoms with Crippen molar-refractivity contribution in [1.29, 1.82) is 0 Å². The third kappa shape index (κ3) is 7.36. The van der Waals surface area contributed by atoms with Crippen molar-refractivity contribution < 1.29 is 22.5 Å². The number of nitrogens with two attached hydrogens (primary N) is 1. The van der Waals surface area contributed by atoms with Crippen molar-refractivity contribution in [3.63, 3.8) is 0 Å². The normalized spacial score (nSPS) is 11.8. The van der Waals surface area contributed by atoms with Crippen molar-refractivity contribution in [1.82, 2.24) is 0 Å². The Balaban J connectivity index is 0.000000243. The fourth-order valence-corrected chi connectivity index (χ4v) is 2.05. The minimum absolute atomic E-state index is 0.0666. The fraction of sp³-hybridized carbons (Fsp3) is 0.235. The van der Waals surface area contributed by atoms with Gasteiger partial charge in [0, 0.05) is 0 Å². The molecule has 0 heterocycles. The minimum Gasteiger partial charge on any atom is -0.460 e. The monoisotopic (exact) mass is 351 g/mol. The van der Waals surface area contributed by atoms with Crippen LogP contribution >= 0.6 is 0 Å². The van der Waals surface area contributed by atoms with E-state index in [9.17, 15) is 13.2 Å². The molecule has 0 unspecified atom stereocenters. The zero-order valence-electron chi connectivity index (χ0n) is 13.5. The summed E-state index contributed by atoms with van der Waals surface area (Å²) in [6.07, 6.45) is 0. The lowest BCUT2D eigenvalue weighted by Gasteiger charge is -2.06. The topological polar surface area (TPSA) is 107 Å². The number of rotatable bonds is 4. The van der Waals surface area contributed by atoms with Crippen LogP contribution in [0.25, 0.3) is 0 Å². The van der Waals surface area contributed by atoms with E-state index in [2.05, 4.69) is 0 Å². The number of hydrogen-bond acceptors (Lipinski definition) is 5. The molecule has 0 spiro atoms. The standard InChI is InChI=1S/C10H13NO2.C7H8O3S/c1-8(11)10(12)13-7-9-5-3-2-4-6-9;1-6-2-4-7(5-3-6)11(8,9)10/h2-6,8H,7,11H2,1H3;2-5H,1H3,(H,8,9,10)/t8-;/m0./s1. The van der Waals surface area contributed by atoms with Crippen LogP contribution in [0.4, 0.5) is 0 Å². The smallest absolute Gasteiger partial charge is 0.322 e. The molecule has 7 heteroatoms. The summed E-state index contributed by atoms with van der Waals surface area (Å²) >= 11 is 0. The van der Waals surface area contributed by atoms with E-state index in [0.29, 0.717) is 6.61 Å². The molecule has 2 rings (SSSR count). The number of ether oxygens (including phenoxy) is 1. The van der Waals surface area contributed by atoms with Gasteiger partial charge >= 0.3 is 5.97 Å². The van der Waals surface area contributed by atoms with Gasteiger partial charge in [0.15, 0.2) is 0 Å². The van der Waals surface area contributed by atoms with Crippen molar-refractivity contribution in [2.75, 3.05) is 0 Å². The van der Waals surface area contributed by atoms with E-state index < -0.39 is 16.2 Å². The molecule has 0 radical (unpaired) electrons. The van der Waals surface area contributed by atoms with Crippen molar-refractivity contribution in [2.45, 2.75) is 31.4 Å². The molecule has 3 N–H and O–H groups in total. The molecule has 2 aromatic rings. The average molecular weight is 351 g/mol. The highest BCUT2D eigenvalue weighted by Crippen LogP contribution is 2.08. The lowest BCUT2D eigenvalue weighted by molar-refractivity contribution is -0.146. The van der Waals surface area contributed by atoms with E-state index in [-0.39, 0.29) is 10.9 Å². The highest BCUT2D eigenvalue weighted by Gasteiger charge is 2.08. The summed E-state index contributed by atoms with van der Waals surface area (Å²) in [5.74, 6) is -0.371. The summed E-state index contributed by atoms with van der Waals surface area (Å²) in [4.78, 5) is 10.9. The van der Waals surface area contributed by atoms with Crippen LogP contribution in [0.1, 0.15) is 18.1 Å². The van der Waals surface area contributed by atoms with Crippen LogP contribution in [-0.2, 0) is 26.3 Å². The van der Waals surface area contributed by atoms with E-state index in [1.165, 1.54) is 12.1 Å². The third-order valence-electron chi connectivity index (χ3n) is 2.91. The van der Waals surface area contributed by atoms with Crippen LogP contribution < -0.4 is 5.73 Å². The number of esters is 1. The number of benzene rings is 2. The first-order chi connectivity index (χ1) is 11.2. The van der Waals surface area contributed by atoms with E-state index in [4.69, 9.17) is 15.0 Å². The van der Waals surface area contributed by atoms with Gasteiger partial charge in [-0.2, -0.15) is 8.42 Å². The molecule has 0 aromatic heterocycles. The Bertz CT molecular complexity index is 740. The molecule has 0 aliphatic carbocycles. The van der Waals surface area contributed by atoms with Crippen LogP contribution in [0.2, 0.25) is 0 Å². The number of carbonyl (C=O) groups is 1. The van der Waals surface area contributed by atoms with Crippen molar-refractivity contribution in [3.8, 4) is 0 Å². The predicted molar refractivity (Wildman–Crippen MR) is 90.9 cm³/mol. The van der Waals surface area contributed by atoms with Gasteiger partial charge in [-0.25, -0.2) is 0 Å². The number of hydrogen-bond donors (Lipinski definition) is 2. The average Bonchev–Trinajstić information content (AvgIpc) is 2.53. The SMILES string of the molecule is C[C@H](N)C(=O)OCc1ccccc1.Cc1ccc(S(=O)(=O)O)cc1. The summed E-state index contributed by atoms with van der Waals surface area (Å²) in [7, 11) is -4.02. The van der Waals surface area contributed by atoms with Crippen molar-refractivity contribution in [2.24, 2.45) is 5.73 Å². The first-order valence-electron chi connectivity index (χ1n) is 7.20. The fourth-order valence-electron chi connectivity index (χ4n) is 1.57. The molecule has 0 aliphatic rings. The summed E-state index contributed by atoms with van der Waals surface area (Å²) in [5.41, 5.74) is 7.25. The second-order valence-corrected chi connectivity index (χ2v) is 6.59. The van der Waals surface area contributed by atoms with Gasteiger partial charge in [-0.3, -0.25) is 9.35 Å². The lowest BCUT2D eigenvalue weighted by Crippen LogP contribution is -2.28. The van der Waals surface area contributed by atoms with Crippen LogP contribution in [0.3, 0.4) is 0 Å². The van der Waals surface area contributed by atoms with Gasteiger partial charge in [-0.05, 0) is 31.5 Å². The van der Waals surface area contributed by atoms with Crippen LogP contribution in [-0.4, -0.2) is 25.0 Å². The Labute approximate surface area is 142 Å². The Morgan fingerprint density at radius 2 is 1.67 bits per heavy atom. The van der Waals surface area contributed by atoms with Gasteiger partial charge in [0.2, 0.25) is 0 Å². The largest absolute Gasteiger partial charge is 0.460 e. The summed E-state index contributed by atoms with van der Waals surface area (Å²) < 4.78 is 34.5. The van der Waals surface area contributed by atoms with Crippen LogP contribution in [0.15, 0.2) is 59.5 Å². The maximum absolute atomic E-state index is 11.0. The van der Waals surface area contributed by atoms with E-state index in [1.807, 2.05) is 37.3 Å². The third-order valence-corrected chi connectivity index (χ3v) is 3.78. The molecule has 0 amide bonds. The summed E-state index contributed by atoms with van der Waals surface area (Å²) in [6, 6.07) is 14.9. The first-order valence-corrected chi connectivity index (χ1v) is 8.64. The van der Waals surface area contributed by atoms with Crippen molar-refractivity contribution in [3.05, 3.63) is 65.7 Å². The van der Waals surface area contributed by atoms with Gasteiger partial charge in [0.25, 0.3) is 10.1 Å². The molecule has 1 atom stereocenters. The second-order valence-electron chi connectivity index (χ2n) is 5.17. The van der Waals surface area contributed by atoms with Crippen LogP contribution in [0, 0.1) is 6.92 Å². The first kappa shape index (κ1) is 19.8. The van der Waals surface area contributed by atoms with E-state index in [1.54, 1.807) is 19.1 Å².